The van der Waals surface area contributed by atoms with E-state index in [2.05, 4.69) is 5.32 Å². The molecule has 0 aliphatic heterocycles. The van der Waals surface area contributed by atoms with Gasteiger partial charge in [0.1, 0.15) is 11.5 Å². The van der Waals surface area contributed by atoms with Crippen LogP contribution in [0.3, 0.4) is 0 Å². The van der Waals surface area contributed by atoms with Gasteiger partial charge in [0.15, 0.2) is 0 Å². The highest BCUT2D eigenvalue weighted by Gasteiger charge is 2.13. The van der Waals surface area contributed by atoms with Gasteiger partial charge in [-0.3, -0.25) is 0 Å². The van der Waals surface area contributed by atoms with Crippen LogP contribution in [0.4, 0.5) is 0 Å². The number of hydrogen-bond acceptors (Lipinski definition) is 3. The highest BCUT2D eigenvalue weighted by atomic mass is 16.3. The van der Waals surface area contributed by atoms with Gasteiger partial charge in [0, 0.05) is 18.2 Å². The van der Waals surface area contributed by atoms with Crippen LogP contribution in [0.5, 0.6) is 11.5 Å². The van der Waals surface area contributed by atoms with Crippen molar-refractivity contribution in [1.82, 2.24) is 5.32 Å². The molecular weight excluding hydrogens is 202 g/mol. The molecule has 0 saturated heterocycles. The Bertz CT molecular complexity index is 346. The first-order valence-corrected chi connectivity index (χ1v) is 6.00. The molecular formula is C13H19NO2. The lowest BCUT2D eigenvalue weighted by Gasteiger charge is -2.23. The van der Waals surface area contributed by atoms with E-state index in [0.717, 1.165) is 5.56 Å². The maximum absolute atomic E-state index is 9.61. The molecule has 2 rings (SSSR count). The Balaban J connectivity index is 1.90. The molecule has 3 heteroatoms. The summed E-state index contributed by atoms with van der Waals surface area (Å²) < 4.78 is 0. The molecule has 1 aromatic rings. The molecule has 16 heavy (non-hydrogen) atoms. The molecule has 1 saturated carbocycles. The van der Waals surface area contributed by atoms with E-state index in [1.807, 2.05) is 0 Å². The average Bonchev–Trinajstić information content (AvgIpc) is 2.32. The number of hydrogen-bond donors (Lipinski definition) is 3. The van der Waals surface area contributed by atoms with E-state index in [1.165, 1.54) is 44.2 Å². The lowest BCUT2D eigenvalue weighted by atomic mass is 9.95. The second kappa shape index (κ2) is 5.21. The van der Waals surface area contributed by atoms with Crippen molar-refractivity contribution in [3.8, 4) is 11.5 Å². The van der Waals surface area contributed by atoms with Crippen LogP contribution in [-0.2, 0) is 6.54 Å². The van der Waals surface area contributed by atoms with E-state index < -0.39 is 0 Å². The molecule has 0 spiro atoms. The zero-order valence-corrected chi connectivity index (χ0v) is 9.45. The first kappa shape index (κ1) is 11.3. The molecule has 1 fully saturated rings. The smallest absolute Gasteiger partial charge is 0.120 e. The van der Waals surface area contributed by atoms with E-state index in [9.17, 15) is 10.2 Å². The van der Waals surface area contributed by atoms with Crippen molar-refractivity contribution in [1.29, 1.82) is 0 Å². The fraction of sp³-hybridized carbons (Fsp3) is 0.538. The molecule has 0 atom stereocenters. The quantitative estimate of drug-likeness (QED) is 0.687. The van der Waals surface area contributed by atoms with Crippen LogP contribution in [0.2, 0.25) is 0 Å². The minimum Gasteiger partial charge on any atom is -0.508 e. The first-order valence-electron chi connectivity index (χ1n) is 6.00. The number of rotatable bonds is 3. The van der Waals surface area contributed by atoms with E-state index in [-0.39, 0.29) is 11.5 Å². The zero-order chi connectivity index (χ0) is 11.4. The summed E-state index contributed by atoms with van der Waals surface area (Å²) in [6.07, 6.45) is 6.38. The van der Waals surface area contributed by atoms with Crippen molar-refractivity contribution < 1.29 is 10.2 Å². The maximum atomic E-state index is 9.61. The SMILES string of the molecule is Oc1ccc(O)c(CNC2CCCCC2)c1. The number of nitrogens with one attached hydrogen (secondary N) is 1. The Morgan fingerprint density at radius 1 is 1.12 bits per heavy atom. The van der Waals surface area contributed by atoms with Gasteiger partial charge < -0.3 is 15.5 Å². The van der Waals surface area contributed by atoms with Crippen molar-refractivity contribution in [2.24, 2.45) is 0 Å². The average molecular weight is 221 g/mol. The fourth-order valence-electron chi connectivity index (χ4n) is 2.27. The second-order valence-corrected chi connectivity index (χ2v) is 4.53. The van der Waals surface area contributed by atoms with Crippen LogP contribution in [0.25, 0.3) is 0 Å². The topological polar surface area (TPSA) is 52.5 Å². The molecule has 3 N–H and O–H groups in total. The Kier molecular flexibility index (Phi) is 3.67. The van der Waals surface area contributed by atoms with Gasteiger partial charge in [-0.05, 0) is 31.0 Å². The number of benzene rings is 1. The molecule has 0 unspecified atom stereocenters. The summed E-state index contributed by atoms with van der Waals surface area (Å²) in [6, 6.07) is 5.22. The lowest BCUT2D eigenvalue weighted by molar-refractivity contribution is 0.368. The van der Waals surface area contributed by atoms with E-state index in [4.69, 9.17) is 0 Å². The number of phenolic OH excluding ortho intramolecular Hbond substituents is 2. The van der Waals surface area contributed by atoms with Crippen LogP contribution < -0.4 is 5.32 Å². The molecule has 3 nitrogen and oxygen atoms in total. The van der Waals surface area contributed by atoms with Crippen LogP contribution in [0.15, 0.2) is 18.2 Å². The summed E-state index contributed by atoms with van der Waals surface area (Å²) >= 11 is 0. The summed E-state index contributed by atoms with van der Waals surface area (Å²) in [4.78, 5) is 0. The normalized spacial score (nSPS) is 17.5. The van der Waals surface area contributed by atoms with Gasteiger partial charge in [-0.2, -0.15) is 0 Å². The minimum atomic E-state index is 0.207. The molecule has 0 amide bonds. The highest BCUT2D eigenvalue weighted by molar-refractivity contribution is 5.38. The monoisotopic (exact) mass is 221 g/mol. The van der Waals surface area contributed by atoms with Crippen LogP contribution in [0, 0.1) is 0 Å². The van der Waals surface area contributed by atoms with Crippen molar-refractivity contribution in [2.75, 3.05) is 0 Å². The van der Waals surface area contributed by atoms with Gasteiger partial charge >= 0.3 is 0 Å². The third kappa shape index (κ3) is 2.89. The molecule has 1 aliphatic carbocycles. The van der Waals surface area contributed by atoms with Crippen molar-refractivity contribution in [3.05, 3.63) is 23.8 Å². The van der Waals surface area contributed by atoms with Crippen molar-refractivity contribution in [3.63, 3.8) is 0 Å². The standard InChI is InChI=1S/C13H19NO2/c15-12-6-7-13(16)10(8-12)9-14-11-4-2-1-3-5-11/h6-8,11,14-16H,1-5,9H2. The lowest BCUT2D eigenvalue weighted by Crippen LogP contribution is -2.30. The summed E-state index contributed by atoms with van der Waals surface area (Å²) in [7, 11) is 0. The molecule has 1 aromatic carbocycles. The molecule has 0 radical (unpaired) electrons. The van der Waals surface area contributed by atoms with Gasteiger partial charge in [0.2, 0.25) is 0 Å². The molecule has 0 heterocycles. The molecule has 0 aromatic heterocycles. The van der Waals surface area contributed by atoms with Crippen molar-refractivity contribution in [2.45, 2.75) is 44.7 Å². The Hall–Kier alpha value is -1.22. The summed E-state index contributed by atoms with van der Waals surface area (Å²) in [6.45, 7) is 0.630. The third-order valence-corrected chi connectivity index (χ3v) is 3.25. The summed E-state index contributed by atoms with van der Waals surface area (Å²) in [5.74, 6) is 0.458. The molecule has 0 bridgehead atoms. The second-order valence-electron chi connectivity index (χ2n) is 4.53. The summed E-state index contributed by atoms with van der Waals surface area (Å²) in [5, 5.41) is 22.4. The van der Waals surface area contributed by atoms with Gasteiger partial charge in [-0.25, -0.2) is 0 Å². The van der Waals surface area contributed by atoms with Crippen LogP contribution >= 0.6 is 0 Å². The van der Waals surface area contributed by atoms with Crippen LogP contribution in [-0.4, -0.2) is 16.3 Å². The zero-order valence-electron chi connectivity index (χ0n) is 9.45. The molecule has 88 valence electrons. The van der Waals surface area contributed by atoms with Gasteiger partial charge in [-0.15, -0.1) is 0 Å². The Morgan fingerprint density at radius 3 is 2.62 bits per heavy atom. The summed E-state index contributed by atoms with van der Waals surface area (Å²) in [5.41, 5.74) is 0.769. The first-order chi connectivity index (χ1) is 7.75. The predicted octanol–water partition coefficient (Wildman–Crippen LogP) is 2.52. The predicted molar refractivity (Wildman–Crippen MR) is 63.5 cm³/mol. The third-order valence-electron chi connectivity index (χ3n) is 3.25. The van der Waals surface area contributed by atoms with E-state index in [1.54, 1.807) is 6.07 Å². The van der Waals surface area contributed by atoms with Gasteiger partial charge in [0.25, 0.3) is 0 Å². The Labute approximate surface area is 96.1 Å². The number of aromatic hydroxyl groups is 2. The van der Waals surface area contributed by atoms with Crippen molar-refractivity contribution >= 4 is 0 Å². The van der Waals surface area contributed by atoms with E-state index in [0.29, 0.717) is 12.6 Å². The van der Waals surface area contributed by atoms with E-state index >= 15 is 0 Å². The molecule has 1 aliphatic rings. The largest absolute Gasteiger partial charge is 0.508 e. The van der Waals surface area contributed by atoms with Crippen LogP contribution in [0.1, 0.15) is 37.7 Å². The minimum absolute atomic E-state index is 0.207. The fourth-order valence-corrected chi connectivity index (χ4v) is 2.27. The highest BCUT2D eigenvalue weighted by Crippen LogP contribution is 2.23. The Morgan fingerprint density at radius 2 is 1.88 bits per heavy atom. The van der Waals surface area contributed by atoms with Gasteiger partial charge in [0.05, 0.1) is 0 Å². The number of phenols is 2. The van der Waals surface area contributed by atoms with Gasteiger partial charge in [-0.1, -0.05) is 19.3 Å². The maximum Gasteiger partial charge on any atom is 0.120 e.